The number of methoxy groups -OCH3 is 2. The minimum Gasteiger partial charge on any atom is -0.459 e. The summed E-state index contributed by atoms with van der Waals surface area (Å²) in [7, 11) is 7.09. The highest BCUT2D eigenvalue weighted by atomic mass is 16.7. The van der Waals surface area contributed by atoms with Crippen molar-refractivity contribution in [2.24, 2.45) is 23.5 Å². The highest BCUT2D eigenvalue weighted by Gasteiger charge is 2.49. The maximum absolute atomic E-state index is 14.4. The van der Waals surface area contributed by atoms with E-state index in [4.69, 9.17) is 44.2 Å². The Balaban J connectivity index is 1.87. The zero-order chi connectivity index (χ0) is 50.3. The van der Waals surface area contributed by atoms with E-state index in [1.54, 1.807) is 49.0 Å². The van der Waals surface area contributed by atoms with Crippen molar-refractivity contribution in [2.45, 2.75) is 199 Å². The number of aliphatic hydroxyl groups excluding tert-OH is 1. The number of ether oxygens (including phenoxy) is 7. The molecule has 1 aromatic rings. The summed E-state index contributed by atoms with van der Waals surface area (Å²) in [5, 5.41) is 50.7. The van der Waals surface area contributed by atoms with E-state index >= 15 is 0 Å². The van der Waals surface area contributed by atoms with Crippen molar-refractivity contribution >= 4 is 5.97 Å². The first-order valence-electron chi connectivity index (χ1n) is 24.5. The molecule has 0 aromatic heterocycles. The highest BCUT2D eigenvalue weighted by molar-refractivity contribution is 5.73. The van der Waals surface area contributed by atoms with Gasteiger partial charge >= 0.3 is 5.97 Å². The fourth-order valence-electron chi connectivity index (χ4n) is 9.70. The van der Waals surface area contributed by atoms with Gasteiger partial charge < -0.3 is 69.7 Å². The Hall–Kier alpha value is -2.92. The van der Waals surface area contributed by atoms with E-state index in [1.807, 2.05) is 65.1 Å². The highest BCUT2D eigenvalue weighted by Crippen LogP contribution is 2.39. The summed E-state index contributed by atoms with van der Waals surface area (Å²) in [6.07, 6.45) is 0.493. The number of carbonyl (C=O) groups is 1. The monoisotopic (exact) mass is 948 g/mol. The lowest BCUT2D eigenvalue weighted by Crippen LogP contribution is -2.58. The average molecular weight is 948 g/mol. The van der Waals surface area contributed by atoms with E-state index in [9.17, 15) is 20.1 Å². The van der Waals surface area contributed by atoms with Gasteiger partial charge in [0.2, 0.25) is 0 Å². The lowest BCUT2D eigenvalue weighted by molar-refractivity contribution is -0.285. The summed E-state index contributed by atoms with van der Waals surface area (Å²) >= 11 is 0. The third-order valence-electron chi connectivity index (χ3n) is 14.0. The standard InChI is InChI=1S/C51H89N5O11/c1-15-42(51(10,60)46(57)36(7)54-11)65-48(58)35(6)45(66-44-28-49(8,62-14)21-23-63-44)34(5)47(50(9,59)27-32(2)3)67-43-26-41(24-33(4)64-43)56(12)22-20-39(53)30-55-40(31-61-13)25-37-16-18-38(29-52)19-17-37/h16-19,30,32-36,40-47,54-55,57,59-60H,15,20-28,31,53H2,1-14H3/b39-30-/t33?,34-,35?,36?,40?,41?,42+,43?,44-,45-,46?,47+,49-,50+,51+/m0/s1. The molecule has 2 aliphatic heterocycles. The van der Waals surface area contributed by atoms with Crippen LogP contribution >= 0.6 is 0 Å². The van der Waals surface area contributed by atoms with Crippen molar-refractivity contribution in [1.82, 2.24) is 15.5 Å². The molecule has 0 spiro atoms. The zero-order valence-corrected chi connectivity index (χ0v) is 43.2. The van der Waals surface area contributed by atoms with Crippen molar-refractivity contribution < 1.29 is 53.3 Å². The molecule has 2 heterocycles. The normalized spacial score (nSPS) is 27.1. The molecule has 0 amide bonds. The number of nitrogens with two attached hydrogens (primary N) is 1. The largest absolute Gasteiger partial charge is 0.459 e. The smallest absolute Gasteiger partial charge is 0.311 e. The van der Waals surface area contributed by atoms with E-state index in [0.717, 1.165) is 12.0 Å². The number of likely N-dealkylation sites (N-methyl/N-ethyl adjacent to an activating group) is 1. The number of hydrogen-bond donors (Lipinski definition) is 6. The molecule has 1 aromatic carbocycles. The van der Waals surface area contributed by atoms with Gasteiger partial charge in [0.15, 0.2) is 12.6 Å². The maximum Gasteiger partial charge on any atom is 0.311 e. The SMILES string of the molecule is CC[C@@H](OC(=O)C(C)[C@@H](O[C@H]1C[C@@](C)(OC)CCO1)[C@H](C)[C@@H](OC1CC(N(C)CC/C(N)=C/NC(COC)Cc2ccc(C#N)cc2)CC(C)O1)[C@](C)(O)CC(C)C)[C@@](C)(O)C(O)C(C)NC. The van der Waals surface area contributed by atoms with Crippen molar-refractivity contribution in [1.29, 1.82) is 5.26 Å². The molecule has 0 radical (unpaired) electrons. The summed E-state index contributed by atoms with van der Waals surface area (Å²) in [5.41, 5.74) is 5.27. The second-order valence-corrected chi connectivity index (χ2v) is 20.5. The number of carbonyl (C=O) groups excluding carboxylic acids is 1. The second kappa shape index (κ2) is 26.9. The molecule has 0 saturated carbocycles. The van der Waals surface area contributed by atoms with Crippen molar-refractivity contribution in [3.8, 4) is 6.07 Å². The van der Waals surface area contributed by atoms with Gasteiger partial charge in [0.1, 0.15) is 17.8 Å². The summed E-state index contributed by atoms with van der Waals surface area (Å²) in [6.45, 7) is 20.1. The predicted molar refractivity (Wildman–Crippen MR) is 258 cm³/mol. The van der Waals surface area contributed by atoms with Crippen LogP contribution in [0.3, 0.4) is 0 Å². The Morgan fingerprint density at radius 1 is 1.10 bits per heavy atom. The van der Waals surface area contributed by atoms with Gasteiger partial charge in [0.25, 0.3) is 0 Å². The first-order valence-corrected chi connectivity index (χ1v) is 24.5. The third-order valence-corrected chi connectivity index (χ3v) is 14.0. The van der Waals surface area contributed by atoms with Gasteiger partial charge in [-0.15, -0.1) is 0 Å². The number of nitrogens with one attached hydrogen (secondary N) is 2. The van der Waals surface area contributed by atoms with Crippen LogP contribution in [0.2, 0.25) is 0 Å². The van der Waals surface area contributed by atoms with Crippen LogP contribution in [0.1, 0.15) is 125 Å². The molecule has 15 atom stereocenters. The lowest BCUT2D eigenvalue weighted by Gasteiger charge is -2.47. The van der Waals surface area contributed by atoms with Crippen molar-refractivity contribution in [3.05, 3.63) is 47.3 Å². The van der Waals surface area contributed by atoms with Crippen molar-refractivity contribution in [2.75, 3.05) is 48.1 Å². The molecule has 384 valence electrons. The molecule has 2 fully saturated rings. The van der Waals surface area contributed by atoms with Crippen LogP contribution in [0.5, 0.6) is 0 Å². The molecule has 67 heavy (non-hydrogen) atoms. The molecular formula is C51H89N5O11. The Labute approximate surface area is 402 Å². The van der Waals surface area contributed by atoms with Crippen LogP contribution in [-0.4, -0.2) is 152 Å². The quantitative estimate of drug-likeness (QED) is 0.0599. The molecule has 16 nitrogen and oxygen atoms in total. The van der Waals surface area contributed by atoms with Gasteiger partial charge in [0.05, 0.1) is 66.3 Å². The van der Waals surface area contributed by atoms with E-state index in [2.05, 4.69) is 28.7 Å². The molecular weight excluding hydrogens is 859 g/mol. The maximum atomic E-state index is 14.4. The van der Waals surface area contributed by atoms with Crippen LogP contribution in [0, 0.1) is 29.1 Å². The number of aliphatic hydroxyl groups is 3. The Kier molecular flexibility index (Phi) is 23.4. The minimum absolute atomic E-state index is 0.0121. The Morgan fingerprint density at radius 2 is 1.78 bits per heavy atom. The van der Waals surface area contributed by atoms with Gasteiger partial charge in [-0.1, -0.05) is 39.8 Å². The summed E-state index contributed by atoms with van der Waals surface area (Å²) < 4.78 is 43.9. The molecule has 2 saturated heterocycles. The zero-order valence-electron chi connectivity index (χ0n) is 43.2. The van der Waals surface area contributed by atoms with E-state index in [-0.39, 0.29) is 30.5 Å². The van der Waals surface area contributed by atoms with E-state index < -0.39 is 77.6 Å². The van der Waals surface area contributed by atoms with Crippen LogP contribution in [-0.2, 0) is 44.4 Å². The van der Waals surface area contributed by atoms with Gasteiger partial charge in [-0.25, -0.2) is 0 Å². The number of nitriles is 1. The number of rotatable bonds is 28. The third kappa shape index (κ3) is 17.5. The number of esters is 1. The summed E-state index contributed by atoms with van der Waals surface area (Å²) in [4.78, 5) is 16.6. The molecule has 0 bridgehead atoms. The average Bonchev–Trinajstić information content (AvgIpc) is 3.28. The number of nitrogens with zero attached hydrogens (tertiary/aromatic N) is 2. The second-order valence-electron chi connectivity index (χ2n) is 20.5. The van der Waals surface area contributed by atoms with E-state index in [0.29, 0.717) is 69.5 Å². The fraction of sp³-hybridized carbons (Fsp3) is 0.804. The van der Waals surface area contributed by atoms with Gasteiger partial charge in [0, 0.05) is 69.9 Å². The summed E-state index contributed by atoms with van der Waals surface area (Å²) in [5.74, 6) is -2.09. The Bertz CT molecular complexity index is 1690. The molecule has 16 heteroatoms. The molecule has 7 unspecified atom stereocenters. The lowest BCUT2D eigenvalue weighted by atomic mass is 9.78. The molecule has 2 aliphatic rings. The van der Waals surface area contributed by atoms with Crippen LogP contribution < -0.4 is 16.4 Å². The van der Waals surface area contributed by atoms with Crippen LogP contribution in [0.15, 0.2) is 36.2 Å². The molecule has 7 N–H and O–H groups in total. The van der Waals surface area contributed by atoms with E-state index in [1.165, 1.54) is 6.92 Å². The van der Waals surface area contributed by atoms with Crippen LogP contribution in [0.4, 0.5) is 0 Å². The van der Waals surface area contributed by atoms with Gasteiger partial charge in [-0.2, -0.15) is 5.26 Å². The van der Waals surface area contributed by atoms with Crippen molar-refractivity contribution in [3.63, 3.8) is 0 Å². The first-order chi connectivity index (χ1) is 31.4. The number of benzene rings is 1. The first kappa shape index (κ1) is 58.4. The molecule has 3 rings (SSSR count). The number of hydrogen-bond acceptors (Lipinski definition) is 16. The predicted octanol–water partition coefficient (Wildman–Crippen LogP) is 5.14. The molecule has 0 aliphatic carbocycles. The summed E-state index contributed by atoms with van der Waals surface area (Å²) in [6, 6.07) is 9.27. The Morgan fingerprint density at radius 3 is 2.36 bits per heavy atom. The van der Waals surface area contributed by atoms with Gasteiger partial charge in [-0.3, -0.25) is 4.79 Å². The fourth-order valence-corrected chi connectivity index (χ4v) is 9.70. The topological polar surface area (TPSA) is 219 Å². The van der Waals surface area contributed by atoms with Crippen LogP contribution in [0.25, 0.3) is 0 Å². The van der Waals surface area contributed by atoms with Gasteiger partial charge in [-0.05, 0) is 111 Å². The minimum atomic E-state index is -1.77.